The Morgan fingerprint density at radius 2 is 1.73 bits per heavy atom. The van der Waals surface area contributed by atoms with Crippen LogP contribution in [-0.2, 0) is 10.0 Å². The summed E-state index contributed by atoms with van der Waals surface area (Å²) in [6, 6.07) is 7.04. The Balaban J connectivity index is 1.79. The number of benzene rings is 1. The Morgan fingerprint density at radius 3 is 2.36 bits per heavy atom. The minimum atomic E-state index is -3.39. The fourth-order valence-corrected chi connectivity index (χ4v) is 3.43. The largest absolute Gasteiger partial charge is 0.302 e. The van der Waals surface area contributed by atoms with Gasteiger partial charge in [-0.2, -0.15) is 0 Å². The Bertz CT molecular complexity index is 577. The van der Waals surface area contributed by atoms with E-state index in [9.17, 15) is 8.42 Å². The SMILES string of the molecule is O=S(=O)(/C=C/c1ccc(Cl)cc1)NCCN1CCCCCC1. The molecule has 0 bridgehead atoms. The predicted molar refractivity (Wildman–Crippen MR) is 92.3 cm³/mol. The van der Waals surface area contributed by atoms with E-state index >= 15 is 0 Å². The zero-order valence-corrected chi connectivity index (χ0v) is 14.2. The van der Waals surface area contributed by atoms with Crippen LogP contribution in [0.15, 0.2) is 29.7 Å². The minimum absolute atomic E-state index is 0.452. The fourth-order valence-electron chi connectivity index (χ4n) is 2.50. The fraction of sp³-hybridized carbons (Fsp3) is 0.500. The van der Waals surface area contributed by atoms with Crippen molar-refractivity contribution >= 4 is 27.7 Å². The molecule has 0 radical (unpaired) electrons. The Hall–Kier alpha value is -0.880. The molecule has 1 fully saturated rings. The molecule has 0 aromatic heterocycles. The summed E-state index contributed by atoms with van der Waals surface area (Å²) in [5.41, 5.74) is 0.808. The van der Waals surface area contributed by atoms with Crippen LogP contribution in [0.3, 0.4) is 0 Å². The van der Waals surface area contributed by atoms with Gasteiger partial charge in [-0.3, -0.25) is 0 Å². The van der Waals surface area contributed by atoms with Crippen LogP contribution in [0, 0.1) is 0 Å². The Labute approximate surface area is 138 Å². The first kappa shape index (κ1) is 17.5. The second-order valence-corrected chi connectivity index (χ2v) is 7.64. The lowest BCUT2D eigenvalue weighted by molar-refractivity contribution is 0.290. The molecule has 1 heterocycles. The van der Waals surface area contributed by atoms with E-state index in [2.05, 4.69) is 9.62 Å². The lowest BCUT2D eigenvalue weighted by Gasteiger charge is -2.19. The smallest absolute Gasteiger partial charge is 0.233 e. The van der Waals surface area contributed by atoms with E-state index in [1.54, 1.807) is 30.3 Å². The number of hydrogen-bond acceptors (Lipinski definition) is 3. The van der Waals surface area contributed by atoms with Crippen LogP contribution in [0.25, 0.3) is 6.08 Å². The molecule has 4 nitrogen and oxygen atoms in total. The first-order valence-corrected chi connectivity index (χ1v) is 9.63. The quantitative estimate of drug-likeness (QED) is 0.864. The predicted octanol–water partition coefficient (Wildman–Crippen LogP) is 3.11. The van der Waals surface area contributed by atoms with Crippen molar-refractivity contribution < 1.29 is 8.42 Å². The highest BCUT2D eigenvalue weighted by atomic mass is 35.5. The van der Waals surface area contributed by atoms with Crippen molar-refractivity contribution in [2.75, 3.05) is 26.2 Å². The van der Waals surface area contributed by atoms with Gasteiger partial charge in [-0.1, -0.05) is 36.6 Å². The Morgan fingerprint density at radius 1 is 1.09 bits per heavy atom. The van der Waals surface area contributed by atoms with Gasteiger partial charge in [0.1, 0.15) is 0 Å². The molecule has 1 N–H and O–H groups in total. The third kappa shape index (κ3) is 6.48. The number of sulfonamides is 1. The maximum Gasteiger partial charge on any atom is 0.233 e. The van der Waals surface area contributed by atoms with Gasteiger partial charge >= 0.3 is 0 Å². The summed E-state index contributed by atoms with van der Waals surface area (Å²) in [6.45, 7) is 3.37. The summed E-state index contributed by atoms with van der Waals surface area (Å²) < 4.78 is 26.5. The van der Waals surface area contributed by atoms with Crippen molar-refractivity contribution in [1.82, 2.24) is 9.62 Å². The van der Waals surface area contributed by atoms with Gasteiger partial charge in [0.25, 0.3) is 0 Å². The van der Waals surface area contributed by atoms with Gasteiger partial charge in [0.2, 0.25) is 10.0 Å². The number of likely N-dealkylation sites (tertiary alicyclic amines) is 1. The molecule has 1 aliphatic rings. The maximum atomic E-state index is 11.9. The first-order chi connectivity index (χ1) is 10.6. The number of halogens is 1. The van der Waals surface area contributed by atoms with Crippen LogP contribution in [0.4, 0.5) is 0 Å². The summed E-state index contributed by atoms with van der Waals surface area (Å²) in [6.07, 6.45) is 6.56. The highest BCUT2D eigenvalue weighted by Gasteiger charge is 2.10. The number of rotatable bonds is 6. The van der Waals surface area contributed by atoms with E-state index in [1.165, 1.54) is 31.1 Å². The zero-order chi connectivity index (χ0) is 15.8. The average molecular weight is 343 g/mol. The van der Waals surface area contributed by atoms with Gasteiger partial charge in [-0.05, 0) is 49.7 Å². The van der Waals surface area contributed by atoms with Crippen molar-refractivity contribution in [2.45, 2.75) is 25.7 Å². The van der Waals surface area contributed by atoms with E-state index in [1.807, 2.05) is 0 Å². The molecule has 1 aromatic carbocycles. The van der Waals surface area contributed by atoms with E-state index in [0.29, 0.717) is 11.6 Å². The second-order valence-electron chi connectivity index (χ2n) is 5.55. The molecule has 122 valence electrons. The van der Waals surface area contributed by atoms with E-state index in [0.717, 1.165) is 25.2 Å². The molecule has 2 rings (SSSR count). The van der Waals surface area contributed by atoms with Crippen LogP contribution in [-0.4, -0.2) is 39.5 Å². The van der Waals surface area contributed by atoms with Gasteiger partial charge in [0, 0.05) is 23.5 Å². The molecule has 1 aliphatic heterocycles. The van der Waals surface area contributed by atoms with Crippen LogP contribution in [0.2, 0.25) is 5.02 Å². The molecule has 6 heteroatoms. The summed E-state index contributed by atoms with van der Waals surface area (Å²) in [4.78, 5) is 2.33. The van der Waals surface area contributed by atoms with Crippen molar-refractivity contribution in [3.8, 4) is 0 Å². The topological polar surface area (TPSA) is 49.4 Å². The summed E-state index contributed by atoms with van der Waals surface area (Å²) in [7, 11) is -3.39. The van der Waals surface area contributed by atoms with Crippen LogP contribution >= 0.6 is 11.6 Å². The molecule has 0 saturated carbocycles. The van der Waals surface area contributed by atoms with E-state index in [4.69, 9.17) is 11.6 Å². The van der Waals surface area contributed by atoms with Crippen LogP contribution in [0.5, 0.6) is 0 Å². The summed E-state index contributed by atoms with van der Waals surface area (Å²) in [5.74, 6) is 0. The van der Waals surface area contributed by atoms with Crippen molar-refractivity contribution in [2.24, 2.45) is 0 Å². The lowest BCUT2D eigenvalue weighted by atomic mass is 10.2. The third-order valence-electron chi connectivity index (χ3n) is 3.74. The second kappa shape index (κ2) is 8.67. The van der Waals surface area contributed by atoms with E-state index in [-0.39, 0.29) is 0 Å². The number of hydrogen-bond donors (Lipinski definition) is 1. The van der Waals surface area contributed by atoms with Crippen LogP contribution in [0.1, 0.15) is 31.2 Å². The molecule has 0 unspecified atom stereocenters. The van der Waals surface area contributed by atoms with Gasteiger partial charge < -0.3 is 4.90 Å². The number of nitrogens with zero attached hydrogens (tertiary/aromatic N) is 1. The molecule has 0 atom stereocenters. The van der Waals surface area contributed by atoms with Gasteiger partial charge in [-0.25, -0.2) is 13.1 Å². The standard InChI is InChI=1S/C16H23ClN2O2S/c17-16-7-5-15(6-8-16)9-14-22(20,21)18-10-13-19-11-3-1-2-4-12-19/h5-9,14,18H,1-4,10-13H2/b14-9+. The maximum absolute atomic E-state index is 11.9. The molecule has 0 aliphatic carbocycles. The van der Waals surface area contributed by atoms with Crippen molar-refractivity contribution in [1.29, 1.82) is 0 Å². The van der Waals surface area contributed by atoms with E-state index < -0.39 is 10.0 Å². The van der Waals surface area contributed by atoms with Gasteiger partial charge in [-0.15, -0.1) is 0 Å². The monoisotopic (exact) mass is 342 g/mol. The third-order valence-corrected chi connectivity index (χ3v) is 5.09. The summed E-state index contributed by atoms with van der Waals surface area (Å²) >= 11 is 5.80. The highest BCUT2D eigenvalue weighted by molar-refractivity contribution is 7.92. The summed E-state index contributed by atoms with van der Waals surface area (Å²) in [5, 5.41) is 1.84. The molecular weight excluding hydrogens is 320 g/mol. The zero-order valence-electron chi connectivity index (χ0n) is 12.7. The molecule has 0 amide bonds. The minimum Gasteiger partial charge on any atom is -0.302 e. The molecule has 0 spiro atoms. The number of nitrogens with one attached hydrogen (secondary N) is 1. The lowest BCUT2D eigenvalue weighted by Crippen LogP contribution is -2.34. The van der Waals surface area contributed by atoms with Gasteiger partial charge in [0.15, 0.2) is 0 Å². The molecular formula is C16H23ClN2O2S. The molecule has 22 heavy (non-hydrogen) atoms. The van der Waals surface area contributed by atoms with Crippen LogP contribution < -0.4 is 4.72 Å². The Kier molecular flexibility index (Phi) is 6.89. The first-order valence-electron chi connectivity index (χ1n) is 7.71. The normalized spacial score (nSPS) is 17.7. The van der Waals surface area contributed by atoms with Crippen molar-refractivity contribution in [3.05, 3.63) is 40.3 Å². The van der Waals surface area contributed by atoms with Crippen molar-refractivity contribution in [3.63, 3.8) is 0 Å². The highest BCUT2D eigenvalue weighted by Crippen LogP contribution is 2.11. The molecule has 1 saturated heterocycles. The van der Waals surface area contributed by atoms with Gasteiger partial charge in [0.05, 0.1) is 0 Å². The average Bonchev–Trinajstić information content (AvgIpc) is 2.75. The molecule has 1 aromatic rings.